The summed E-state index contributed by atoms with van der Waals surface area (Å²) in [5, 5.41) is 3.70. The van der Waals surface area contributed by atoms with Crippen molar-refractivity contribution in [3.63, 3.8) is 0 Å². The Morgan fingerprint density at radius 3 is 2.72 bits per heavy atom. The lowest BCUT2D eigenvalue weighted by molar-refractivity contribution is -0.00281. The van der Waals surface area contributed by atoms with Gasteiger partial charge in [0.25, 0.3) is 0 Å². The third-order valence-electron chi connectivity index (χ3n) is 3.12. The van der Waals surface area contributed by atoms with E-state index < -0.39 is 10.0 Å². The Kier molecular flexibility index (Phi) is 3.74. The number of morpholine rings is 1. The molecule has 7 heteroatoms. The molecule has 0 N–H and O–H groups in total. The lowest BCUT2D eigenvalue weighted by Gasteiger charge is -2.31. The molecular formula is C11H18N2O4S. The molecule has 1 atom stereocenters. The van der Waals surface area contributed by atoms with E-state index in [1.54, 1.807) is 13.8 Å². The first-order valence-electron chi connectivity index (χ1n) is 6.01. The summed E-state index contributed by atoms with van der Waals surface area (Å²) in [6, 6.07) is 0. The Bertz CT molecular complexity index is 504. The van der Waals surface area contributed by atoms with Crippen molar-refractivity contribution < 1.29 is 17.7 Å². The third kappa shape index (κ3) is 2.30. The van der Waals surface area contributed by atoms with Crippen LogP contribution in [0.4, 0.5) is 0 Å². The second-order valence-corrected chi connectivity index (χ2v) is 6.29. The summed E-state index contributed by atoms with van der Waals surface area (Å²) in [7, 11) is -3.53. The number of nitrogens with zero attached hydrogens (tertiary/aromatic N) is 2. The van der Waals surface area contributed by atoms with Crippen LogP contribution in [-0.4, -0.2) is 43.7 Å². The fourth-order valence-electron chi connectivity index (χ4n) is 2.13. The van der Waals surface area contributed by atoms with Gasteiger partial charge in [0.2, 0.25) is 10.0 Å². The van der Waals surface area contributed by atoms with Crippen LogP contribution in [0.5, 0.6) is 0 Å². The molecule has 2 heterocycles. The van der Waals surface area contributed by atoms with Crippen LogP contribution in [0.2, 0.25) is 0 Å². The molecule has 1 aromatic rings. The largest absolute Gasteiger partial charge is 0.375 e. The molecule has 0 unspecified atom stereocenters. The van der Waals surface area contributed by atoms with Crippen LogP contribution >= 0.6 is 0 Å². The van der Waals surface area contributed by atoms with E-state index in [1.165, 1.54) is 4.31 Å². The molecule has 1 saturated heterocycles. The van der Waals surface area contributed by atoms with Crippen molar-refractivity contribution in [1.29, 1.82) is 0 Å². The number of rotatable bonds is 3. The zero-order valence-corrected chi connectivity index (χ0v) is 11.7. The molecule has 102 valence electrons. The Balaban J connectivity index is 2.31. The van der Waals surface area contributed by atoms with Crippen LogP contribution in [0.15, 0.2) is 9.42 Å². The standard InChI is InChI=1S/C11H18N2O4S/c1-4-10-7-13(5-6-16-10)18(14,15)11-8(2)12-17-9(11)3/h10H,4-7H2,1-3H3/t10-/m0/s1. The first-order valence-corrected chi connectivity index (χ1v) is 7.45. The molecule has 0 aliphatic carbocycles. The van der Waals surface area contributed by atoms with Gasteiger partial charge in [0.15, 0.2) is 5.76 Å². The predicted molar refractivity (Wildman–Crippen MR) is 64.8 cm³/mol. The van der Waals surface area contributed by atoms with E-state index in [4.69, 9.17) is 9.26 Å². The Hall–Kier alpha value is -0.920. The van der Waals surface area contributed by atoms with Gasteiger partial charge in [0, 0.05) is 13.1 Å². The summed E-state index contributed by atoms with van der Waals surface area (Å²) in [6.07, 6.45) is 0.766. The van der Waals surface area contributed by atoms with Crippen LogP contribution < -0.4 is 0 Å². The van der Waals surface area contributed by atoms with Crippen molar-refractivity contribution in [2.45, 2.75) is 38.2 Å². The lowest BCUT2D eigenvalue weighted by Crippen LogP contribution is -2.45. The van der Waals surface area contributed by atoms with Gasteiger partial charge in [-0.3, -0.25) is 0 Å². The number of ether oxygens (including phenoxy) is 1. The molecule has 2 rings (SSSR count). The molecule has 6 nitrogen and oxygen atoms in total. The predicted octanol–water partition coefficient (Wildman–Crippen LogP) is 1.09. The van der Waals surface area contributed by atoms with Gasteiger partial charge < -0.3 is 9.26 Å². The van der Waals surface area contributed by atoms with Gasteiger partial charge in [-0.15, -0.1) is 0 Å². The number of aromatic nitrogens is 1. The van der Waals surface area contributed by atoms with E-state index in [9.17, 15) is 8.42 Å². The van der Waals surface area contributed by atoms with E-state index in [0.717, 1.165) is 6.42 Å². The molecule has 0 spiro atoms. The van der Waals surface area contributed by atoms with Gasteiger partial charge in [0.1, 0.15) is 10.6 Å². The Morgan fingerprint density at radius 1 is 1.44 bits per heavy atom. The third-order valence-corrected chi connectivity index (χ3v) is 5.23. The average Bonchev–Trinajstić information content (AvgIpc) is 2.69. The van der Waals surface area contributed by atoms with Crippen molar-refractivity contribution in [3.05, 3.63) is 11.5 Å². The molecular weight excluding hydrogens is 256 g/mol. The summed E-state index contributed by atoms with van der Waals surface area (Å²) in [5.74, 6) is 0.340. The van der Waals surface area contributed by atoms with E-state index in [-0.39, 0.29) is 11.0 Å². The number of hydrogen-bond acceptors (Lipinski definition) is 5. The maximum absolute atomic E-state index is 12.5. The maximum atomic E-state index is 12.5. The van der Waals surface area contributed by atoms with Crippen molar-refractivity contribution >= 4 is 10.0 Å². The topological polar surface area (TPSA) is 72.6 Å². The minimum atomic E-state index is -3.53. The second kappa shape index (κ2) is 4.99. The minimum absolute atomic E-state index is 0.0333. The van der Waals surface area contributed by atoms with Crippen LogP contribution in [0.1, 0.15) is 24.8 Å². The van der Waals surface area contributed by atoms with Gasteiger partial charge in [0.05, 0.1) is 12.7 Å². The van der Waals surface area contributed by atoms with Crippen molar-refractivity contribution in [1.82, 2.24) is 9.46 Å². The van der Waals surface area contributed by atoms with E-state index >= 15 is 0 Å². The smallest absolute Gasteiger partial charge is 0.248 e. The molecule has 1 aromatic heterocycles. The van der Waals surface area contributed by atoms with E-state index in [1.807, 2.05) is 6.92 Å². The number of sulfonamides is 1. The van der Waals surface area contributed by atoms with Gasteiger partial charge in [-0.2, -0.15) is 4.31 Å². The van der Waals surface area contributed by atoms with Gasteiger partial charge >= 0.3 is 0 Å². The first-order chi connectivity index (χ1) is 8.46. The van der Waals surface area contributed by atoms with Crippen LogP contribution in [0, 0.1) is 13.8 Å². The number of hydrogen-bond donors (Lipinski definition) is 0. The molecule has 18 heavy (non-hydrogen) atoms. The highest BCUT2D eigenvalue weighted by atomic mass is 32.2. The summed E-state index contributed by atoms with van der Waals surface area (Å²) >= 11 is 0. The summed E-state index contributed by atoms with van der Waals surface area (Å²) in [4.78, 5) is 0.194. The number of aryl methyl sites for hydroxylation is 2. The summed E-state index contributed by atoms with van der Waals surface area (Å²) in [6.45, 7) is 6.44. The Morgan fingerprint density at radius 2 is 2.17 bits per heavy atom. The molecule has 0 aromatic carbocycles. The minimum Gasteiger partial charge on any atom is -0.375 e. The van der Waals surface area contributed by atoms with Gasteiger partial charge in [-0.25, -0.2) is 8.42 Å². The van der Waals surface area contributed by atoms with Crippen LogP contribution in [0.3, 0.4) is 0 Å². The second-order valence-electron chi connectivity index (χ2n) is 4.42. The van der Waals surface area contributed by atoms with Crippen molar-refractivity contribution in [2.24, 2.45) is 0 Å². The monoisotopic (exact) mass is 274 g/mol. The lowest BCUT2D eigenvalue weighted by atomic mass is 10.2. The SMILES string of the molecule is CC[C@H]1CN(S(=O)(=O)c2c(C)noc2C)CCO1. The zero-order chi connectivity index (χ0) is 13.3. The molecule has 1 fully saturated rings. The molecule has 0 amide bonds. The fraction of sp³-hybridized carbons (Fsp3) is 0.727. The van der Waals surface area contributed by atoms with Crippen LogP contribution in [0.25, 0.3) is 0 Å². The molecule has 1 aliphatic heterocycles. The highest BCUT2D eigenvalue weighted by molar-refractivity contribution is 7.89. The highest BCUT2D eigenvalue weighted by Gasteiger charge is 2.34. The Labute approximate surface area is 107 Å². The zero-order valence-electron chi connectivity index (χ0n) is 10.8. The first kappa shape index (κ1) is 13.5. The highest BCUT2D eigenvalue weighted by Crippen LogP contribution is 2.25. The molecule has 1 aliphatic rings. The summed E-state index contributed by atoms with van der Waals surface area (Å²) in [5.41, 5.74) is 0.409. The average molecular weight is 274 g/mol. The molecule has 0 saturated carbocycles. The van der Waals surface area contributed by atoms with E-state index in [2.05, 4.69) is 5.16 Å². The van der Waals surface area contributed by atoms with Gasteiger partial charge in [-0.05, 0) is 20.3 Å². The maximum Gasteiger partial charge on any atom is 0.248 e. The fourth-order valence-corrected chi connectivity index (χ4v) is 3.88. The van der Waals surface area contributed by atoms with Crippen LogP contribution in [-0.2, 0) is 14.8 Å². The van der Waals surface area contributed by atoms with Crippen molar-refractivity contribution in [3.8, 4) is 0 Å². The van der Waals surface area contributed by atoms with E-state index in [0.29, 0.717) is 31.2 Å². The summed E-state index contributed by atoms with van der Waals surface area (Å²) < 4.78 is 36.9. The van der Waals surface area contributed by atoms with Crippen molar-refractivity contribution in [2.75, 3.05) is 19.7 Å². The molecule has 0 bridgehead atoms. The van der Waals surface area contributed by atoms with Gasteiger partial charge in [-0.1, -0.05) is 12.1 Å². The quantitative estimate of drug-likeness (QED) is 0.825. The normalized spacial score (nSPS) is 22.3. The molecule has 0 radical (unpaired) electrons.